The molecule has 2 rings (SSSR count). The van der Waals surface area contributed by atoms with Crippen LogP contribution in [0.4, 0.5) is 0 Å². The summed E-state index contributed by atoms with van der Waals surface area (Å²) < 4.78 is 7.10. The van der Waals surface area contributed by atoms with Gasteiger partial charge in [0.05, 0.1) is 6.54 Å². The van der Waals surface area contributed by atoms with Crippen LogP contribution in [0.25, 0.3) is 0 Å². The zero-order valence-corrected chi connectivity index (χ0v) is 10.0. The van der Waals surface area contributed by atoms with Crippen molar-refractivity contribution in [1.29, 1.82) is 0 Å². The highest BCUT2D eigenvalue weighted by Crippen LogP contribution is 2.23. The molecule has 0 aromatic carbocycles. The first-order valence-electron chi connectivity index (χ1n) is 5.57. The molecule has 1 aromatic heterocycles. The first-order chi connectivity index (χ1) is 7.90. The van der Waals surface area contributed by atoms with Crippen molar-refractivity contribution in [3.05, 3.63) is 0 Å². The number of nitrogens with two attached hydrogens (primary N) is 1. The van der Waals surface area contributed by atoms with E-state index in [0.717, 1.165) is 42.9 Å². The maximum absolute atomic E-state index is 5.49. The molecule has 0 amide bonds. The van der Waals surface area contributed by atoms with Gasteiger partial charge in [0.15, 0.2) is 0 Å². The molecule has 2 heterocycles. The van der Waals surface area contributed by atoms with Gasteiger partial charge in [-0.1, -0.05) is 11.8 Å². The number of ether oxygens (including phenoxy) is 1. The Labute approximate surface area is 98.9 Å². The summed E-state index contributed by atoms with van der Waals surface area (Å²) in [5, 5.41) is 12.4. The normalized spacial score (nSPS) is 17.8. The lowest BCUT2D eigenvalue weighted by atomic mass is 10.0. The third kappa shape index (κ3) is 3.16. The van der Waals surface area contributed by atoms with Crippen LogP contribution in [0.3, 0.4) is 0 Å². The van der Waals surface area contributed by atoms with Crippen molar-refractivity contribution >= 4 is 11.8 Å². The van der Waals surface area contributed by atoms with Gasteiger partial charge in [0.1, 0.15) is 0 Å². The average molecular weight is 243 g/mol. The van der Waals surface area contributed by atoms with Gasteiger partial charge in [-0.2, -0.15) is 0 Å². The molecule has 0 atom stereocenters. The molecule has 2 N–H and O–H groups in total. The standard InChI is InChI=1S/C9H17N5OS/c10-3-4-14-9(11-12-13-14)16-7-8-1-5-15-6-2-8/h8H,1-7,10H2. The number of rotatable bonds is 5. The van der Waals surface area contributed by atoms with Crippen LogP contribution in [0, 0.1) is 5.92 Å². The summed E-state index contributed by atoms with van der Waals surface area (Å²) in [6, 6.07) is 0. The van der Waals surface area contributed by atoms with Gasteiger partial charge in [-0.15, -0.1) is 5.10 Å². The Morgan fingerprint density at radius 1 is 1.44 bits per heavy atom. The van der Waals surface area contributed by atoms with E-state index < -0.39 is 0 Å². The summed E-state index contributed by atoms with van der Waals surface area (Å²) in [6.07, 6.45) is 2.29. The van der Waals surface area contributed by atoms with Gasteiger partial charge in [-0.25, -0.2) is 4.68 Å². The van der Waals surface area contributed by atoms with E-state index in [1.807, 2.05) is 0 Å². The second-order valence-corrected chi connectivity index (χ2v) is 4.83. The second kappa shape index (κ2) is 6.17. The van der Waals surface area contributed by atoms with Crippen molar-refractivity contribution in [3.8, 4) is 0 Å². The molecule has 1 fully saturated rings. The summed E-state index contributed by atoms with van der Waals surface area (Å²) >= 11 is 1.72. The van der Waals surface area contributed by atoms with Crippen LogP contribution < -0.4 is 5.73 Å². The van der Waals surface area contributed by atoms with Gasteiger partial charge < -0.3 is 10.5 Å². The van der Waals surface area contributed by atoms with Crippen LogP contribution in [0.15, 0.2) is 5.16 Å². The topological polar surface area (TPSA) is 78.9 Å². The minimum atomic E-state index is 0.565. The summed E-state index contributed by atoms with van der Waals surface area (Å²) in [7, 11) is 0. The highest BCUT2D eigenvalue weighted by atomic mass is 32.2. The summed E-state index contributed by atoms with van der Waals surface area (Å²) in [6.45, 7) is 3.02. The van der Waals surface area contributed by atoms with E-state index in [2.05, 4.69) is 15.5 Å². The number of nitrogens with zero attached hydrogens (tertiary/aromatic N) is 4. The van der Waals surface area contributed by atoms with E-state index in [1.165, 1.54) is 0 Å². The maximum atomic E-state index is 5.49. The Balaban J connectivity index is 1.81. The summed E-state index contributed by atoms with van der Waals surface area (Å²) in [4.78, 5) is 0. The molecule has 90 valence electrons. The highest BCUT2D eigenvalue weighted by Gasteiger charge is 2.15. The van der Waals surface area contributed by atoms with Crippen molar-refractivity contribution in [2.24, 2.45) is 11.7 Å². The first-order valence-corrected chi connectivity index (χ1v) is 6.55. The molecule has 0 bridgehead atoms. The minimum absolute atomic E-state index is 0.565. The predicted octanol–water partition coefficient (Wildman–Crippen LogP) is 0.150. The maximum Gasteiger partial charge on any atom is 0.209 e. The molecule has 0 spiro atoms. The molecule has 1 aromatic rings. The third-order valence-corrected chi connectivity index (χ3v) is 3.82. The Bertz CT molecular complexity index is 313. The predicted molar refractivity (Wildman–Crippen MR) is 61.1 cm³/mol. The van der Waals surface area contributed by atoms with Gasteiger partial charge in [0.2, 0.25) is 5.16 Å². The van der Waals surface area contributed by atoms with Crippen LogP contribution in [0.1, 0.15) is 12.8 Å². The van der Waals surface area contributed by atoms with Crippen molar-refractivity contribution in [2.75, 3.05) is 25.5 Å². The van der Waals surface area contributed by atoms with E-state index in [-0.39, 0.29) is 0 Å². The number of hydrogen-bond acceptors (Lipinski definition) is 6. The van der Waals surface area contributed by atoms with Crippen LogP contribution in [-0.2, 0) is 11.3 Å². The monoisotopic (exact) mass is 243 g/mol. The average Bonchev–Trinajstić information content (AvgIpc) is 2.76. The summed E-state index contributed by atoms with van der Waals surface area (Å²) in [5.41, 5.74) is 5.49. The molecular formula is C9H17N5OS. The van der Waals surface area contributed by atoms with Gasteiger partial charge in [-0.05, 0) is 29.2 Å². The van der Waals surface area contributed by atoms with Crippen LogP contribution >= 0.6 is 11.8 Å². The fraction of sp³-hybridized carbons (Fsp3) is 0.889. The van der Waals surface area contributed by atoms with Crippen molar-refractivity contribution in [2.45, 2.75) is 24.5 Å². The smallest absolute Gasteiger partial charge is 0.209 e. The second-order valence-electron chi connectivity index (χ2n) is 3.84. The molecule has 1 aliphatic rings. The lowest BCUT2D eigenvalue weighted by Crippen LogP contribution is -2.18. The molecular weight excluding hydrogens is 226 g/mol. The number of aromatic nitrogens is 4. The molecule has 0 aliphatic carbocycles. The van der Waals surface area contributed by atoms with E-state index in [9.17, 15) is 0 Å². The fourth-order valence-electron chi connectivity index (χ4n) is 1.67. The molecule has 0 radical (unpaired) electrons. The van der Waals surface area contributed by atoms with Gasteiger partial charge in [0.25, 0.3) is 0 Å². The first kappa shape index (κ1) is 11.8. The zero-order valence-electron chi connectivity index (χ0n) is 9.21. The summed E-state index contributed by atoms with van der Waals surface area (Å²) in [5.74, 6) is 1.79. The Hall–Kier alpha value is -0.660. The Morgan fingerprint density at radius 3 is 3.00 bits per heavy atom. The molecule has 0 unspecified atom stereocenters. The largest absolute Gasteiger partial charge is 0.381 e. The van der Waals surface area contributed by atoms with Crippen molar-refractivity contribution in [1.82, 2.24) is 20.2 Å². The van der Waals surface area contributed by atoms with Crippen molar-refractivity contribution < 1.29 is 4.74 Å². The third-order valence-electron chi connectivity index (χ3n) is 2.63. The SMILES string of the molecule is NCCn1nnnc1SCC1CCOCC1. The molecule has 7 heteroatoms. The van der Waals surface area contributed by atoms with E-state index in [1.54, 1.807) is 16.4 Å². The quantitative estimate of drug-likeness (QED) is 0.742. The lowest BCUT2D eigenvalue weighted by molar-refractivity contribution is 0.0727. The lowest BCUT2D eigenvalue weighted by Gasteiger charge is -2.20. The molecule has 0 saturated carbocycles. The van der Waals surface area contributed by atoms with Gasteiger partial charge in [-0.3, -0.25) is 0 Å². The van der Waals surface area contributed by atoms with Crippen LogP contribution in [0.2, 0.25) is 0 Å². The van der Waals surface area contributed by atoms with E-state index >= 15 is 0 Å². The molecule has 6 nitrogen and oxygen atoms in total. The Morgan fingerprint density at radius 2 is 2.25 bits per heavy atom. The zero-order chi connectivity index (χ0) is 11.2. The number of hydrogen-bond donors (Lipinski definition) is 1. The fourth-order valence-corrected chi connectivity index (χ4v) is 2.76. The van der Waals surface area contributed by atoms with Gasteiger partial charge >= 0.3 is 0 Å². The van der Waals surface area contributed by atoms with E-state index in [4.69, 9.17) is 10.5 Å². The Kier molecular flexibility index (Phi) is 4.55. The van der Waals surface area contributed by atoms with Crippen LogP contribution in [0.5, 0.6) is 0 Å². The van der Waals surface area contributed by atoms with E-state index in [0.29, 0.717) is 13.1 Å². The number of tetrazole rings is 1. The number of thioether (sulfide) groups is 1. The minimum Gasteiger partial charge on any atom is -0.381 e. The molecule has 1 aliphatic heterocycles. The highest BCUT2D eigenvalue weighted by molar-refractivity contribution is 7.99. The van der Waals surface area contributed by atoms with Crippen LogP contribution in [-0.4, -0.2) is 45.7 Å². The van der Waals surface area contributed by atoms with Gasteiger partial charge in [0, 0.05) is 25.5 Å². The molecule has 16 heavy (non-hydrogen) atoms. The van der Waals surface area contributed by atoms with Crippen molar-refractivity contribution in [3.63, 3.8) is 0 Å². The molecule has 1 saturated heterocycles.